The van der Waals surface area contributed by atoms with Crippen LogP contribution in [0.2, 0.25) is 0 Å². The molecular weight excluding hydrogens is 190 g/mol. The van der Waals surface area contributed by atoms with Crippen molar-refractivity contribution in [1.29, 1.82) is 0 Å². The molecule has 0 radical (unpaired) electrons. The van der Waals surface area contributed by atoms with Crippen molar-refractivity contribution in [3.63, 3.8) is 0 Å². The lowest BCUT2D eigenvalue weighted by atomic mass is 10.3. The summed E-state index contributed by atoms with van der Waals surface area (Å²) in [4.78, 5) is 3.97. The molecule has 2 rings (SSSR count). The van der Waals surface area contributed by atoms with Crippen LogP contribution in [-0.2, 0) is 0 Å². The lowest BCUT2D eigenvalue weighted by Crippen LogP contribution is -1.89. The lowest BCUT2D eigenvalue weighted by Gasteiger charge is -2.08. The fourth-order valence-electron chi connectivity index (χ4n) is 1.24. The topological polar surface area (TPSA) is 31.4 Å². The molecule has 1 aromatic carbocycles. The van der Waals surface area contributed by atoms with E-state index >= 15 is 0 Å². The fraction of sp³-hybridized carbons (Fsp3) is 0.0833. The number of hydrogen-bond acceptors (Lipinski definition) is 3. The highest BCUT2D eigenvalue weighted by atomic mass is 16.5. The van der Waals surface area contributed by atoms with Crippen LogP contribution >= 0.6 is 0 Å². The van der Waals surface area contributed by atoms with Crippen LogP contribution in [0.25, 0.3) is 0 Å². The van der Waals surface area contributed by atoms with E-state index in [0.29, 0.717) is 17.2 Å². The molecule has 0 N–H and O–H groups in total. The predicted octanol–water partition coefficient (Wildman–Crippen LogP) is 2.88. The van der Waals surface area contributed by atoms with E-state index in [2.05, 4.69) is 4.98 Å². The third-order valence-corrected chi connectivity index (χ3v) is 1.93. The van der Waals surface area contributed by atoms with Gasteiger partial charge in [-0.25, -0.2) is 0 Å². The summed E-state index contributed by atoms with van der Waals surface area (Å²) in [6, 6.07) is 11.2. The summed E-state index contributed by atoms with van der Waals surface area (Å²) in [7, 11) is 1.62. The van der Waals surface area contributed by atoms with E-state index < -0.39 is 0 Å². The number of ether oxygens (including phenoxy) is 2. The standard InChI is InChI=1S/C12H11NO2/c1-14-11-6-2-3-7-12(11)15-10-5-4-8-13-9-10/h2-9H,1H3. The first-order valence-corrected chi connectivity index (χ1v) is 4.61. The van der Waals surface area contributed by atoms with E-state index in [4.69, 9.17) is 9.47 Å². The molecule has 3 nitrogen and oxygen atoms in total. The molecule has 0 amide bonds. The summed E-state index contributed by atoms with van der Waals surface area (Å²) in [5.41, 5.74) is 0. The SMILES string of the molecule is COc1ccccc1Oc1cccnc1. The second kappa shape index (κ2) is 4.46. The number of aromatic nitrogens is 1. The molecule has 0 bridgehead atoms. The van der Waals surface area contributed by atoms with Crippen LogP contribution in [0.1, 0.15) is 0 Å². The normalized spacial score (nSPS) is 9.67. The maximum atomic E-state index is 5.61. The van der Waals surface area contributed by atoms with Gasteiger partial charge in [0.15, 0.2) is 11.5 Å². The highest BCUT2D eigenvalue weighted by Crippen LogP contribution is 2.30. The molecule has 1 heterocycles. The zero-order chi connectivity index (χ0) is 10.5. The number of methoxy groups -OCH3 is 1. The summed E-state index contributed by atoms with van der Waals surface area (Å²) in [6.45, 7) is 0. The Labute approximate surface area is 88.3 Å². The summed E-state index contributed by atoms with van der Waals surface area (Å²) in [5.74, 6) is 2.09. The Morgan fingerprint density at radius 1 is 1.00 bits per heavy atom. The van der Waals surface area contributed by atoms with Gasteiger partial charge in [0.2, 0.25) is 0 Å². The van der Waals surface area contributed by atoms with Gasteiger partial charge in [0.25, 0.3) is 0 Å². The molecule has 15 heavy (non-hydrogen) atoms. The molecule has 0 aliphatic heterocycles. The van der Waals surface area contributed by atoms with Crippen LogP contribution in [-0.4, -0.2) is 12.1 Å². The van der Waals surface area contributed by atoms with Gasteiger partial charge in [-0.3, -0.25) is 4.98 Å². The first-order chi connectivity index (χ1) is 7.40. The second-order valence-corrected chi connectivity index (χ2v) is 2.94. The minimum absolute atomic E-state index is 0.688. The van der Waals surface area contributed by atoms with Crippen LogP contribution in [0.4, 0.5) is 0 Å². The Kier molecular flexibility index (Phi) is 2.83. The molecule has 0 saturated heterocycles. The zero-order valence-electron chi connectivity index (χ0n) is 8.38. The molecule has 0 atom stereocenters. The molecule has 0 spiro atoms. The Morgan fingerprint density at radius 2 is 1.80 bits per heavy atom. The summed E-state index contributed by atoms with van der Waals surface area (Å²) < 4.78 is 10.8. The smallest absolute Gasteiger partial charge is 0.169 e. The molecular formula is C12H11NO2. The predicted molar refractivity (Wildman–Crippen MR) is 57.3 cm³/mol. The van der Waals surface area contributed by atoms with E-state index in [9.17, 15) is 0 Å². The van der Waals surface area contributed by atoms with Gasteiger partial charge in [0.05, 0.1) is 13.3 Å². The van der Waals surface area contributed by atoms with E-state index in [0.717, 1.165) is 0 Å². The van der Waals surface area contributed by atoms with Gasteiger partial charge < -0.3 is 9.47 Å². The van der Waals surface area contributed by atoms with Crippen molar-refractivity contribution in [2.45, 2.75) is 0 Å². The molecule has 0 aliphatic carbocycles. The Balaban J connectivity index is 2.24. The van der Waals surface area contributed by atoms with Crippen molar-refractivity contribution < 1.29 is 9.47 Å². The van der Waals surface area contributed by atoms with Crippen LogP contribution in [0.5, 0.6) is 17.2 Å². The number of hydrogen-bond donors (Lipinski definition) is 0. The average molecular weight is 201 g/mol. The summed E-state index contributed by atoms with van der Waals surface area (Å²) >= 11 is 0. The average Bonchev–Trinajstić information content (AvgIpc) is 2.31. The highest BCUT2D eigenvalue weighted by Gasteiger charge is 2.03. The Bertz CT molecular complexity index is 429. The van der Waals surface area contributed by atoms with Gasteiger partial charge in [-0.2, -0.15) is 0 Å². The molecule has 3 heteroatoms. The number of nitrogens with zero attached hydrogens (tertiary/aromatic N) is 1. The van der Waals surface area contributed by atoms with Crippen LogP contribution in [0.3, 0.4) is 0 Å². The molecule has 1 aromatic heterocycles. The van der Waals surface area contributed by atoms with Gasteiger partial charge >= 0.3 is 0 Å². The monoisotopic (exact) mass is 201 g/mol. The second-order valence-electron chi connectivity index (χ2n) is 2.94. The number of benzene rings is 1. The molecule has 0 unspecified atom stereocenters. The van der Waals surface area contributed by atoms with Gasteiger partial charge in [-0.05, 0) is 24.3 Å². The van der Waals surface area contributed by atoms with Crippen molar-refractivity contribution in [1.82, 2.24) is 4.98 Å². The zero-order valence-corrected chi connectivity index (χ0v) is 8.38. The first-order valence-electron chi connectivity index (χ1n) is 4.61. The van der Waals surface area contributed by atoms with Crippen molar-refractivity contribution in [3.8, 4) is 17.2 Å². The van der Waals surface area contributed by atoms with Crippen LogP contribution in [0, 0.1) is 0 Å². The quantitative estimate of drug-likeness (QED) is 0.765. The molecule has 76 valence electrons. The summed E-state index contributed by atoms with van der Waals surface area (Å²) in [5, 5.41) is 0. The van der Waals surface area contributed by atoms with Gasteiger partial charge in [-0.15, -0.1) is 0 Å². The van der Waals surface area contributed by atoms with Crippen molar-refractivity contribution in [2.24, 2.45) is 0 Å². The van der Waals surface area contributed by atoms with Gasteiger partial charge in [0, 0.05) is 6.20 Å². The minimum atomic E-state index is 0.688. The molecule has 0 aliphatic rings. The third kappa shape index (κ3) is 2.26. The van der Waals surface area contributed by atoms with E-state index in [1.165, 1.54) is 0 Å². The first kappa shape index (κ1) is 9.52. The van der Waals surface area contributed by atoms with Crippen molar-refractivity contribution in [3.05, 3.63) is 48.8 Å². The third-order valence-electron chi connectivity index (χ3n) is 1.93. The maximum absolute atomic E-state index is 5.61. The van der Waals surface area contributed by atoms with Crippen molar-refractivity contribution >= 4 is 0 Å². The molecule has 0 saturated carbocycles. The number of pyridine rings is 1. The van der Waals surface area contributed by atoms with E-state index in [1.54, 1.807) is 19.5 Å². The maximum Gasteiger partial charge on any atom is 0.169 e. The Morgan fingerprint density at radius 3 is 2.47 bits per heavy atom. The van der Waals surface area contributed by atoms with E-state index in [-0.39, 0.29) is 0 Å². The summed E-state index contributed by atoms with van der Waals surface area (Å²) in [6.07, 6.45) is 3.36. The van der Waals surface area contributed by atoms with Crippen LogP contribution < -0.4 is 9.47 Å². The van der Waals surface area contributed by atoms with Gasteiger partial charge in [-0.1, -0.05) is 12.1 Å². The largest absolute Gasteiger partial charge is 0.493 e. The number of para-hydroxylation sites is 2. The lowest BCUT2D eigenvalue weighted by molar-refractivity contribution is 0.378. The van der Waals surface area contributed by atoms with Crippen LogP contribution in [0.15, 0.2) is 48.8 Å². The molecule has 2 aromatic rings. The molecule has 0 fully saturated rings. The fourth-order valence-corrected chi connectivity index (χ4v) is 1.24. The van der Waals surface area contributed by atoms with E-state index in [1.807, 2.05) is 36.4 Å². The van der Waals surface area contributed by atoms with Gasteiger partial charge in [0.1, 0.15) is 5.75 Å². The number of rotatable bonds is 3. The van der Waals surface area contributed by atoms with Crippen molar-refractivity contribution in [2.75, 3.05) is 7.11 Å². The highest BCUT2D eigenvalue weighted by molar-refractivity contribution is 5.42. The minimum Gasteiger partial charge on any atom is -0.493 e. The Hall–Kier alpha value is -2.03.